The summed E-state index contributed by atoms with van der Waals surface area (Å²) in [6, 6.07) is 10.0. The molecule has 1 heterocycles. The molecule has 1 aromatic heterocycles. The Balaban J connectivity index is 2.26. The zero-order chi connectivity index (χ0) is 14.3. The molecule has 0 saturated heterocycles. The molecule has 3 nitrogen and oxygen atoms in total. The van der Waals surface area contributed by atoms with Crippen molar-refractivity contribution in [3.8, 4) is 0 Å². The molecule has 3 N–H and O–H groups in total. The second kappa shape index (κ2) is 4.60. The van der Waals surface area contributed by atoms with E-state index in [1.54, 1.807) is 6.20 Å². The first-order valence-electron chi connectivity index (χ1n) is 7.07. The molecule has 0 fully saturated rings. The molecule has 0 amide bonds. The maximum Gasteiger partial charge on any atom is 0.130 e. The highest BCUT2D eigenvalue weighted by atomic mass is 16.3. The molecular weight excluding hydrogens is 248 g/mol. The van der Waals surface area contributed by atoms with Crippen LogP contribution in [-0.4, -0.2) is 10.1 Å². The number of nitrogens with two attached hydrogens (primary N) is 1. The number of hydrogen-bond acceptors (Lipinski definition) is 3. The number of aliphatic hydroxyl groups is 1. The zero-order valence-electron chi connectivity index (χ0n) is 11.9. The van der Waals surface area contributed by atoms with Crippen LogP contribution in [0.25, 0.3) is 0 Å². The van der Waals surface area contributed by atoms with Crippen LogP contribution in [0.2, 0.25) is 0 Å². The minimum absolute atomic E-state index is 0.428. The third-order valence-corrected chi connectivity index (χ3v) is 4.48. The Morgan fingerprint density at radius 2 is 2.05 bits per heavy atom. The quantitative estimate of drug-likeness (QED) is 0.835. The van der Waals surface area contributed by atoms with Crippen LogP contribution in [0.5, 0.6) is 0 Å². The number of anilines is 1. The lowest BCUT2D eigenvalue weighted by atomic mass is 9.70. The van der Waals surface area contributed by atoms with E-state index in [2.05, 4.69) is 18.0 Å². The SMILES string of the molecule is Cc1ccnc(N)c1C1(O)CCC(C)c2ccccc21. The molecule has 104 valence electrons. The normalized spacial score (nSPS) is 25.2. The third-order valence-electron chi connectivity index (χ3n) is 4.48. The van der Waals surface area contributed by atoms with Crippen molar-refractivity contribution in [1.82, 2.24) is 4.98 Å². The Morgan fingerprint density at radius 3 is 2.80 bits per heavy atom. The molecule has 20 heavy (non-hydrogen) atoms. The van der Waals surface area contributed by atoms with Crippen LogP contribution >= 0.6 is 0 Å². The smallest absolute Gasteiger partial charge is 0.130 e. The van der Waals surface area contributed by atoms with Crippen LogP contribution < -0.4 is 5.73 Å². The number of pyridine rings is 1. The lowest BCUT2D eigenvalue weighted by Crippen LogP contribution is -2.34. The summed E-state index contributed by atoms with van der Waals surface area (Å²) in [5.41, 5.74) is 8.97. The van der Waals surface area contributed by atoms with E-state index in [9.17, 15) is 5.11 Å². The monoisotopic (exact) mass is 268 g/mol. The molecule has 1 aromatic carbocycles. The van der Waals surface area contributed by atoms with Gasteiger partial charge in [0.15, 0.2) is 0 Å². The lowest BCUT2D eigenvalue weighted by molar-refractivity contribution is 0.0578. The molecule has 0 aliphatic heterocycles. The molecule has 0 saturated carbocycles. The van der Waals surface area contributed by atoms with Crippen molar-refractivity contribution in [2.24, 2.45) is 0 Å². The molecule has 3 heteroatoms. The maximum atomic E-state index is 11.4. The van der Waals surface area contributed by atoms with Gasteiger partial charge in [0.05, 0.1) is 0 Å². The Morgan fingerprint density at radius 1 is 1.30 bits per heavy atom. The largest absolute Gasteiger partial charge is 0.383 e. The van der Waals surface area contributed by atoms with E-state index in [0.717, 1.165) is 23.1 Å². The Kier molecular flexibility index (Phi) is 3.02. The highest BCUT2D eigenvalue weighted by Gasteiger charge is 2.40. The van der Waals surface area contributed by atoms with E-state index in [4.69, 9.17) is 5.73 Å². The van der Waals surface area contributed by atoms with E-state index in [1.165, 1.54) is 5.56 Å². The van der Waals surface area contributed by atoms with Crippen molar-refractivity contribution in [3.05, 3.63) is 58.8 Å². The van der Waals surface area contributed by atoms with Crippen LogP contribution in [-0.2, 0) is 5.60 Å². The van der Waals surface area contributed by atoms with Crippen LogP contribution in [0.15, 0.2) is 36.5 Å². The Bertz CT molecular complexity index is 633. The molecule has 3 rings (SSSR count). The van der Waals surface area contributed by atoms with Crippen molar-refractivity contribution in [2.45, 2.75) is 38.2 Å². The van der Waals surface area contributed by atoms with Gasteiger partial charge >= 0.3 is 0 Å². The fourth-order valence-corrected chi connectivity index (χ4v) is 3.40. The fourth-order valence-electron chi connectivity index (χ4n) is 3.40. The maximum absolute atomic E-state index is 11.4. The van der Waals surface area contributed by atoms with E-state index >= 15 is 0 Å². The van der Waals surface area contributed by atoms with Gasteiger partial charge in [-0.1, -0.05) is 31.2 Å². The molecule has 2 unspecified atom stereocenters. The Hall–Kier alpha value is -1.87. The number of aryl methyl sites for hydroxylation is 1. The minimum atomic E-state index is -1.02. The first-order chi connectivity index (χ1) is 9.54. The van der Waals surface area contributed by atoms with Gasteiger partial charge in [-0.25, -0.2) is 4.98 Å². The molecular formula is C17H20N2O. The summed E-state index contributed by atoms with van der Waals surface area (Å²) in [6.07, 6.45) is 3.32. The van der Waals surface area contributed by atoms with Gasteiger partial charge in [0, 0.05) is 11.8 Å². The highest BCUT2D eigenvalue weighted by Crippen LogP contribution is 2.46. The topological polar surface area (TPSA) is 59.1 Å². The van der Waals surface area contributed by atoms with Crippen molar-refractivity contribution < 1.29 is 5.11 Å². The molecule has 0 radical (unpaired) electrons. The molecule has 0 bridgehead atoms. The first-order valence-corrected chi connectivity index (χ1v) is 7.07. The zero-order valence-corrected chi connectivity index (χ0v) is 11.9. The van der Waals surface area contributed by atoms with E-state index < -0.39 is 5.60 Å². The van der Waals surface area contributed by atoms with Crippen LogP contribution in [0.4, 0.5) is 5.82 Å². The van der Waals surface area contributed by atoms with Gasteiger partial charge in [-0.05, 0) is 48.4 Å². The number of aromatic nitrogens is 1. The second-order valence-corrected chi connectivity index (χ2v) is 5.78. The predicted molar refractivity (Wildman–Crippen MR) is 80.5 cm³/mol. The highest BCUT2D eigenvalue weighted by molar-refractivity contribution is 5.55. The summed E-state index contributed by atoms with van der Waals surface area (Å²) in [7, 11) is 0. The molecule has 0 spiro atoms. The molecule has 2 atom stereocenters. The average Bonchev–Trinajstić information content (AvgIpc) is 2.43. The summed E-state index contributed by atoms with van der Waals surface area (Å²) in [4.78, 5) is 4.17. The number of hydrogen-bond donors (Lipinski definition) is 2. The first kappa shape index (κ1) is 13.1. The van der Waals surface area contributed by atoms with Gasteiger partial charge < -0.3 is 10.8 Å². The van der Waals surface area contributed by atoms with Crippen LogP contribution in [0.1, 0.15) is 47.9 Å². The van der Waals surface area contributed by atoms with Gasteiger partial charge in [0.2, 0.25) is 0 Å². The summed E-state index contributed by atoms with van der Waals surface area (Å²) in [5.74, 6) is 0.890. The van der Waals surface area contributed by atoms with Crippen molar-refractivity contribution in [3.63, 3.8) is 0 Å². The van der Waals surface area contributed by atoms with Gasteiger partial charge in [-0.15, -0.1) is 0 Å². The van der Waals surface area contributed by atoms with Gasteiger partial charge in [-0.2, -0.15) is 0 Å². The third kappa shape index (κ3) is 1.81. The standard InChI is InChI=1S/C17H20N2O/c1-11-7-9-17(20,14-6-4-3-5-13(11)14)15-12(2)8-10-19-16(15)18/h3-6,8,10-11,20H,7,9H2,1-2H3,(H2,18,19). The summed E-state index contributed by atoms with van der Waals surface area (Å²) < 4.78 is 0. The number of nitrogen functional groups attached to an aromatic ring is 1. The van der Waals surface area contributed by atoms with E-state index in [-0.39, 0.29) is 0 Å². The number of benzene rings is 1. The van der Waals surface area contributed by atoms with Crippen LogP contribution in [0, 0.1) is 6.92 Å². The predicted octanol–water partition coefficient (Wildman–Crippen LogP) is 3.11. The summed E-state index contributed by atoms with van der Waals surface area (Å²) in [6.45, 7) is 4.18. The van der Waals surface area contributed by atoms with E-state index in [0.29, 0.717) is 18.2 Å². The van der Waals surface area contributed by atoms with Gasteiger partial charge in [0.1, 0.15) is 11.4 Å². The van der Waals surface area contributed by atoms with Gasteiger partial charge in [-0.3, -0.25) is 0 Å². The molecule has 2 aromatic rings. The fraction of sp³-hybridized carbons (Fsp3) is 0.353. The number of rotatable bonds is 1. The number of fused-ring (bicyclic) bond motifs is 1. The molecule has 1 aliphatic rings. The van der Waals surface area contributed by atoms with Crippen molar-refractivity contribution in [2.75, 3.05) is 5.73 Å². The molecule has 1 aliphatic carbocycles. The minimum Gasteiger partial charge on any atom is -0.383 e. The van der Waals surface area contributed by atoms with Crippen molar-refractivity contribution in [1.29, 1.82) is 0 Å². The number of nitrogens with zero attached hydrogens (tertiary/aromatic N) is 1. The van der Waals surface area contributed by atoms with Crippen LogP contribution in [0.3, 0.4) is 0 Å². The Labute approximate surface area is 119 Å². The van der Waals surface area contributed by atoms with E-state index in [1.807, 2.05) is 31.2 Å². The van der Waals surface area contributed by atoms with Gasteiger partial charge in [0.25, 0.3) is 0 Å². The lowest BCUT2D eigenvalue weighted by Gasteiger charge is -2.38. The summed E-state index contributed by atoms with van der Waals surface area (Å²) in [5, 5.41) is 11.4. The van der Waals surface area contributed by atoms with Crippen molar-refractivity contribution >= 4 is 5.82 Å². The second-order valence-electron chi connectivity index (χ2n) is 5.78. The summed E-state index contributed by atoms with van der Waals surface area (Å²) >= 11 is 0. The average molecular weight is 268 g/mol.